The zero-order valence-electron chi connectivity index (χ0n) is 17.1. The van der Waals surface area contributed by atoms with Crippen molar-refractivity contribution in [3.63, 3.8) is 0 Å². The molecule has 2 N–H and O–H groups in total. The molecule has 0 bridgehead atoms. The van der Waals surface area contributed by atoms with Gasteiger partial charge in [0.25, 0.3) is 16.9 Å². The number of hydrogen-bond acceptors (Lipinski definition) is 6. The van der Waals surface area contributed by atoms with E-state index in [1.165, 1.54) is 4.52 Å². The first kappa shape index (κ1) is 19.4. The Labute approximate surface area is 181 Å². The molecule has 156 valence electrons. The Morgan fingerprint density at radius 2 is 1.69 bits per heavy atom. The van der Waals surface area contributed by atoms with E-state index in [1.54, 1.807) is 24.3 Å². The fourth-order valence-corrected chi connectivity index (χ4v) is 3.49. The lowest BCUT2D eigenvalue weighted by Gasteiger charge is -2.02. The van der Waals surface area contributed by atoms with Crippen molar-refractivity contribution in [2.75, 3.05) is 5.43 Å². The highest BCUT2D eigenvalue weighted by Crippen LogP contribution is 2.14. The van der Waals surface area contributed by atoms with Crippen molar-refractivity contribution in [2.45, 2.75) is 6.92 Å². The summed E-state index contributed by atoms with van der Waals surface area (Å²) in [4.78, 5) is 34.6. The third-order valence-corrected chi connectivity index (χ3v) is 5.00. The summed E-state index contributed by atoms with van der Waals surface area (Å²) < 4.78 is 1.41. The van der Waals surface area contributed by atoms with Crippen LogP contribution in [-0.2, 0) is 0 Å². The zero-order chi connectivity index (χ0) is 22.1. The maximum absolute atomic E-state index is 13.3. The first-order valence-corrected chi connectivity index (χ1v) is 9.98. The second-order valence-corrected chi connectivity index (χ2v) is 7.28. The SMILES string of the molecule is Cc1cccc(NN=c2c(-c3ccccc3)nc3nc(=O)c4ccccc4n3[nH]c2=O)c1. The molecule has 0 aliphatic carbocycles. The molecule has 3 aromatic carbocycles. The Bertz CT molecular complexity index is 1660. The molecule has 2 heterocycles. The standard InChI is InChI=1S/C24H18N6O2/c1-15-8-7-11-17(14-15)27-28-21-20(16-9-3-2-4-10-16)25-24-26-22(31)18-12-5-6-13-19(18)30(24)29-23(21)32/h2-14,27H,1H3,(H,29,32). The quantitative estimate of drug-likeness (QED) is 0.435. The summed E-state index contributed by atoms with van der Waals surface area (Å²) >= 11 is 0. The number of rotatable bonds is 3. The minimum atomic E-state index is -0.484. The summed E-state index contributed by atoms with van der Waals surface area (Å²) in [6.45, 7) is 1.97. The second-order valence-electron chi connectivity index (χ2n) is 7.28. The summed E-state index contributed by atoms with van der Waals surface area (Å²) in [5, 5.41) is 7.61. The molecule has 0 radical (unpaired) electrons. The van der Waals surface area contributed by atoms with Gasteiger partial charge in [-0.25, -0.2) is 9.50 Å². The molecule has 0 aliphatic heterocycles. The topological polar surface area (TPSA) is 105 Å². The van der Waals surface area contributed by atoms with Gasteiger partial charge in [0, 0.05) is 5.56 Å². The molecule has 2 aromatic heterocycles. The number of H-pyrrole nitrogens is 1. The molecule has 8 heteroatoms. The highest BCUT2D eigenvalue weighted by Gasteiger charge is 2.11. The molecule has 32 heavy (non-hydrogen) atoms. The van der Waals surface area contributed by atoms with E-state index in [0.717, 1.165) is 11.3 Å². The van der Waals surface area contributed by atoms with Crippen molar-refractivity contribution in [1.82, 2.24) is 19.6 Å². The number of hydrogen-bond donors (Lipinski definition) is 2. The molecule has 0 atom stereocenters. The number of nitrogens with zero attached hydrogens (tertiary/aromatic N) is 4. The molecular formula is C24H18N6O2. The van der Waals surface area contributed by atoms with E-state index in [0.29, 0.717) is 22.2 Å². The Morgan fingerprint density at radius 3 is 2.50 bits per heavy atom. The van der Waals surface area contributed by atoms with Crippen LogP contribution in [0.5, 0.6) is 0 Å². The van der Waals surface area contributed by atoms with Gasteiger partial charge in [0.2, 0.25) is 0 Å². The van der Waals surface area contributed by atoms with Gasteiger partial charge in [-0.15, -0.1) is 0 Å². The van der Waals surface area contributed by atoms with Gasteiger partial charge < -0.3 is 0 Å². The van der Waals surface area contributed by atoms with Crippen LogP contribution in [0.4, 0.5) is 5.69 Å². The number of aromatic amines is 1. The van der Waals surface area contributed by atoms with E-state index < -0.39 is 11.1 Å². The average Bonchev–Trinajstić information content (AvgIpc) is 2.95. The van der Waals surface area contributed by atoms with Crippen molar-refractivity contribution in [1.29, 1.82) is 0 Å². The fraction of sp³-hybridized carbons (Fsp3) is 0.0417. The molecule has 5 rings (SSSR count). The van der Waals surface area contributed by atoms with E-state index in [-0.39, 0.29) is 11.1 Å². The zero-order valence-corrected chi connectivity index (χ0v) is 17.1. The Hall–Kier alpha value is -4.59. The van der Waals surface area contributed by atoms with Crippen molar-refractivity contribution < 1.29 is 0 Å². The molecule has 0 fully saturated rings. The van der Waals surface area contributed by atoms with Crippen molar-refractivity contribution in [3.05, 3.63) is 110 Å². The molecule has 0 aliphatic rings. The van der Waals surface area contributed by atoms with Crippen LogP contribution in [0.2, 0.25) is 0 Å². The van der Waals surface area contributed by atoms with Crippen LogP contribution in [-0.4, -0.2) is 19.6 Å². The lowest BCUT2D eigenvalue weighted by molar-refractivity contribution is 0.902. The van der Waals surface area contributed by atoms with Gasteiger partial charge in [0.15, 0.2) is 5.36 Å². The Balaban J connectivity index is 1.87. The monoisotopic (exact) mass is 422 g/mol. The first-order chi connectivity index (χ1) is 15.6. The molecule has 0 amide bonds. The van der Waals surface area contributed by atoms with Crippen LogP contribution in [0.15, 0.2) is 93.6 Å². The van der Waals surface area contributed by atoms with Crippen LogP contribution in [0, 0.1) is 6.92 Å². The van der Waals surface area contributed by atoms with Crippen LogP contribution in [0.1, 0.15) is 5.56 Å². The van der Waals surface area contributed by atoms with Crippen molar-refractivity contribution in [3.8, 4) is 11.3 Å². The van der Waals surface area contributed by atoms with Gasteiger partial charge in [-0.05, 0) is 36.8 Å². The number of benzene rings is 3. The van der Waals surface area contributed by atoms with Gasteiger partial charge in [0.1, 0.15) is 5.69 Å². The van der Waals surface area contributed by atoms with Gasteiger partial charge in [-0.2, -0.15) is 10.1 Å². The molecule has 0 saturated carbocycles. The summed E-state index contributed by atoms with van der Waals surface area (Å²) in [6.07, 6.45) is 0. The Kier molecular flexibility index (Phi) is 4.79. The van der Waals surface area contributed by atoms with Gasteiger partial charge in [0.05, 0.1) is 16.6 Å². The molecule has 0 unspecified atom stereocenters. The predicted molar refractivity (Wildman–Crippen MR) is 123 cm³/mol. The molecule has 5 aromatic rings. The fourth-order valence-electron chi connectivity index (χ4n) is 3.49. The lowest BCUT2D eigenvalue weighted by atomic mass is 10.1. The molecular weight excluding hydrogens is 404 g/mol. The summed E-state index contributed by atoms with van der Waals surface area (Å²) in [6, 6.07) is 23.7. The summed E-state index contributed by atoms with van der Waals surface area (Å²) in [5.41, 5.74) is 5.30. The number of aryl methyl sites for hydroxylation is 1. The Morgan fingerprint density at radius 1 is 0.906 bits per heavy atom. The first-order valence-electron chi connectivity index (χ1n) is 9.98. The van der Waals surface area contributed by atoms with E-state index in [9.17, 15) is 9.59 Å². The largest absolute Gasteiger partial charge is 0.292 e. The lowest BCUT2D eigenvalue weighted by Crippen LogP contribution is -2.29. The number of fused-ring (bicyclic) bond motifs is 3. The maximum atomic E-state index is 13.3. The minimum Gasteiger partial charge on any atom is -0.278 e. The van der Waals surface area contributed by atoms with Crippen LogP contribution in [0.25, 0.3) is 27.9 Å². The van der Waals surface area contributed by atoms with E-state index >= 15 is 0 Å². The molecule has 0 spiro atoms. The van der Waals surface area contributed by atoms with Crippen LogP contribution < -0.4 is 21.9 Å². The third kappa shape index (κ3) is 3.54. The van der Waals surface area contributed by atoms with Crippen LogP contribution >= 0.6 is 0 Å². The minimum absolute atomic E-state index is 0.0692. The van der Waals surface area contributed by atoms with Gasteiger partial charge in [-0.1, -0.05) is 54.6 Å². The molecule has 0 saturated heterocycles. The van der Waals surface area contributed by atoms with Crippen molar-refractivity contribution in [2.24, 2.45) is 5.10 Å². The van der Waals surface area contributed by atoms with E-state index in [1.807, 2.05) is 61.5 Å². The average molecular weight is 422 g/mol. The smallest absolute Gasteiger partial charge is 0.278 e. The second kappa shape index (κ2) is 7.92. The number of nitrogens with one attached hydrogen (secondary N) is 2. The van der Waals surface area contributed by atoms with Crippen LogP contribution in [0.3, 0.4) is 0 Å². The van der Waals surface area contributed by atoms with Gasteiger partial charge >= 0.3 is 0 Å². The number of aromatic nitrogens is 4. The summed E-state index contributed by atoms with van der Waals surface area (Å²) in [5.74, 6) is 0.0710. The summed E-state index contributed by atoms with van der Waals surface area (Å²) in [7, 11) is 0. The highest BCUT2D eigenvalue weighted by molar-refractivity contribution is 5.79. The number of anilines is 1. The maximum Gasteiger partial charge on any atom is 0.292 e. The van der Waals surface area contributed by atoms with E-state index in [2.05, 4.69) is 25.6 Å². The van der Waals surface area contributed by atoms with E-state index in [4.69, 9.17) is 0 Å². The highest BCUT2D eigenvalue weighted by atomic mass is 16.1. The molecule has 8 nitrogen and oxygen atoms in total. The predicted octanol–water partition coefficient (Wildman–Crippen LogP) is 2.83. The normalized spacial score (nSPS) is 11.7. The van der Waals surface area contributed by atoms with Gasteiger partial charge in [-0.3, -0.25) is 20.1 Å². The van der Waals surface area contributed by atoms with Crippen molar-refractivity contribution >= 4 is 22.4 Å². The third-order valence-electron chi connectivity index (χ3n) is 5.00. The number of para-hydroxylation sites is 1.